The molecular weight excluding hydrogens is 330 g/mol. The Morgan fingerprint density at radius 1 is 1.35 bits per heavy atom. The van der Waals surface area contributed by atoms with Crippen LogP contribution in [-0.4, -0.2) is 29.9 Å². The SMILES string of the molecule is CC(CNC(=O)c1ccc(N)cc1)N1CCc2sccc2C1.Cl. The maximum Gasteiger partial charge on any atom is 0.251 e. The first-order chi connectivity index (χ1) is 10.6. The van der Waals surface area contributed by atoms with Crippen LogP contribution in [0.5, 0.6) is 0 Å². The summed E-state index contributed by atoms with van der Waals surface area (Å²) in [5, 5.41) is 5.18. The van der Waals surface area contributed by atoms with Gasteiger partial charge in [0.15, 0.2) is 0 Å². The molecule has 0 aliphatic carbocycles. The van der Waals surface area contributed by atoms with E-state index in [9.17, 15) is 4.79 Å². The first-order valence-corrected chi connectivity index (χ1v) is 8.44. The highest BCUT2D eigenvalue weighted by Gasteiger charge is 2.21. The summed E-state index contributed by atoms with van der Waals surface area (Å²) >= 11 is 1.85. The molecule has 2 heterocycles. The minimum absolute atomic E-state index is 0. The summed E-state index contributed by atoms with van der Waals surface area (Å²) in [5.74, 6) is -0.0416. The first kappa shape index (κ1) is 17.8. The number of carbonyl (C=O) groups is 1. The summed E-state index contributed by atoms with van der Waals surface area (Å²) in [6.45, 7) is 4.87. The number of hydrogen-bond acceptors (Lipinski definition) is 4. The number of nitrogens with zero attached hydrogens (tertiary/aromatic N) is 1. The van der Waals surface area contributed by atoms with Gasteiger partial charge in [0.2, 0.25) is 0 Å². The first-order valence-electron chi connectivity index (χ1n) is 7.56. The van der Waals surface area contributed by atoms with Gasteiger partial charge in [-0.05, 0) is 54.6 Å². The number of nitrogen functional groups attached to an aromatic ring is 1. The van der Waals surface area contributed by atoms with Gasteiger partial charge in [0, 0.05) is 41.8 Å². The van der Waals surface area contributed by atoms with E-state index in [-0.39, 0.29) is 18.3 Å². The molecule has 1 unspecified atom stereocenters. The van der Waals surface area contributed by atoms with Crippen molar-refractivity contribution >= 4 is 35.3 Å². The van der Waals surface area contributed by atoms with Crippen molar-refractivity contribution < 1.29 is 4.79 Å². The van der Waals surface area contributed by atoms with E-state index in [1.54, 1.807) is 24.3 Å². The van der Waals surface area contributed by atoms with Crippen molar-refractivity contribution in [3.8, 4) is 0 Å². The number of nitrogens with one attached hydrogen (secondary N) is 1. The van der Waals surface area contributed by atoms with Gasteiger partial charge in [0.25, 0.3) is 5.91 Å². The standard InChI is InChI=1S/C17H21N3OS.ClH/c1-12(20-8-6-16-14(11-20)7-9-22-16)10-19-17(21)13-2-4-15(18)5-3-13;/h2-5,7,9,12H,6,8,10-11,18H2,1H3,(H,19,21);1H. The molecule has 0 fully saturated rings. The zero-order chi connectivity index (χ0) is 15.5. The highest BCUT2D eigenvalue weighted by molar-refractivity contribution is 7.10. The molecule has 1 atom stereocenters. The fraction of sp³-hybridized carbons (Fsp3) is 0.353. The molecule has 1 aliphatic heterocycles. The topological polar surface area (TPSA) is 58.4 Å². The molecule has 3 rings (SSSR count). The van der Waals surface area contributed by atoms with Crippen molar-refractivity contribution in [3.63, 3.8) is 0 Å². The van der Waals surface area contributed by atoms with E-state index >= 15 is 0 Å². The second kappa shape index (κ2) is 7.81. The van der Waals surface area contributed by atoms with Gasteiger partial charge in [-0.15, -0.1) is 23.7 Å². The van der Waals surface area contributed by atoms with Gasteiger partial charge in [0.1, 0.15) is 0 Å². The zero-order valence-electron chi connectivity index (χ0n) is 13.1. The summed E-state index contributed by atoms with van der Waals surface area (Å²) in [6, 6.07) is 9.56. The Bertz CT molecular complexity index is 656. The Hall–Kier alpha value is -1.56. The molecule has 1 aliphatic rings. The lowest BCUT2D eigenvalue weighted by atomic mass is 10.1. The van der Waals surface area contributed by atoms with Gasteiger partial charge in [-0.1, -0.05) is 0 Å². The Morgan fingerprint density at radius 3 is 2.83 bits per heavy atom. The Labute approximate surface area is 147 Å². The van der Waals surface area contributed by atoms with Crippen molar-refractivity contribution in [2.45, 2.75) is 25.9 Å². The zero-order valence-corrected chi connectivity index (χ0v) is 14.8. The minimum atomic E-state index is -0.0416. The Morgan fingerprint density at radius 2 is 2.09 bits per heavy atom. The summed E-state index contributed by atoms with van der Waals surface area (Å²) < 4.78 is 0. The quantitative estimate of drug-likeness (QED) is 0.833. The number of nitrogens with two attached hydrogens (primary N) is 1. The maximum absolute atomic E-state index is 12.1. The molecule has 4 nitrogen and oxygen atoms in total. The number of fused-ring (bicyclic) bond motifs is 1. The third-order valence-corrected chi connectivity index (χ3v) is 5.21. The Balaban J connectivity index is 0.00000192. The van der Waals surface area contributed by atoms with Crippen LogP contribution >= 0.6 is 23.7 Å². The van der Waals surface area contributed by atoms with E-state index in [2.05, 4.69) is 28.6 Å². The number of rotatable bonds is 4. The number of anilines is 1. The normalized spacial score (nSPS) is 15.3. The fourth-order valence-corrected chi connectivity index (χ4v) is 3.64. The monoisotopic (exact) mass is 351 g/mol. The van der Waals surface area contributed by atoms with E-state index in [0.29, 0.717) is 23.8 Å². The third kappa shape index (κ3) is 4.25. The van der Waals surface area contributed by atoms with Crippen molar-refractivity contribution in [2.75, 3.05) is 18.8 Å². The molecular formula is C17H22ClN3OS. The molecule has 6 heteroatoms. The molecule has 124 valence electrons. The van der Waals surface area contributed by atoms with E-state index in [1.165, 1.54) is 10.4 Å². The Kier molecular flexibility index (Phi) is 6.04. The van der Waals surface area contributed by atoms with Crippen molar-refractivity contribution in [3.05, 3.63) is 51.7 Å². The predicted octanol–water partition coefficient (Wildman–Crippen LogP) is 2.93. The second-order valence-electron chi connectivity index (χ2n) is 5.77. The van der Waals surface area contributed by atoms with Crippen LogP contribution < -0.4 is 11.1 Å². The van der Waals surface area contributed by atoms with Crippen molar-refractivity contribution in [1.29, 1.82) is 0 Å². The number of carbonyl (C=O) groups excluding carboxylic acids is 1. The van der Waals surface area contributed by atoms with E-state index in [1.807, 2.05) is 11.3 Å². The summed E-state index contributed by atoms with van der Waals surface area (Å²) in [6.07, 6.45) is 1.11. The van der Waals surface area contributed by atoms with Gasteiger partial charge in [-0.25, -0.2) is 0 Å². The highest BCUT2D eigenvalue weighted by atomic mass is 35.5. The lowest BCUT2D eigenvalue weighted by Crippen LogP contribution is -2.44. The molecule has 0 saturated heterocycles. The molecule has 0 radical (unpaired) electrons. The number of thiophene rings is 1. The predicted molar refractivity (Wildman–Crippen MR) is 98.3 cm³/mol. The smallest absolute Gasteiger partial charge is 0.251 e. The van der Waals surface area contributed by atoms with Crippen LogP contribution in [0.3, 0.4) is 0 Å². The molecule has 0 saturated carbocycles. The summed E-state index contributed by atoms with van der Waals surface area (Å²) in [7, 11) is 0. The molecule has 2 aromatic rings. The van der Waals surface area contributed by atoms with Gasteiger partial charge in [-0.2, -0.15) is 0 Å². The molecule has 0 spiro atoms. The number of halogens is 1. The second-order valence-corrected chi connectivity index (χ2v) is 6.77. The van der Waals surface area contributed by atoms with Gasteiger partial charge in [-0.3, -0.25) is 9.69 Å². The van der Waals surface area contributed by atoms with Crippen LogP contribution in [0.15, 0.2) is 35.7 Å². The number of amides is 1. The van der Waals surface area contributed by atoms with Gasteiger partial charge < -0.3 is 11.1 Å². The van der Waals surface area contributed by atoms with E-state index < -0.39 is 0 Å². The molecule has 0 bridgehead atoms. The third-order valence-electron chi connectivity index (χ3n) is 4.19. The van der Waals surface area contributed by atoms with Gasteiger partial charge >= 0.3 is 0 Å². The average molecular weight is 352 g/mol. The van der Waals surface area contributed by atoms with E-state index in [4.69, 9.17) is 5.73 Å². The fourth-order valence-electron chi connectivity index (χ4n) is 2.75. The summed E-state index contributed by atoms with van der Waals surface area (Å²) in [4.78, 5) is 16.1. The van der Waals surface area contributed by atoms with E-state index in [0.717, 1.165) is 19.5 Å². The summed E-state index contributed by atoms with van der Waals surface area (Å²) in [5.41, 5.74) is 8.40. The highest BCUT2D eigenvalue weighted by Crippen LogP contribution is 2.24. The lowest BCUT2D eigenvalue weighted by Gasteiger charge is -2.32. The maximum atomic E-state index is 12.1. The minimum Gasteiger partial charge on any atom is -0.399 e. The van der Waals surface area contributed by atoms with Crippen LogP contribution in [-0.2, 0) is 13.0 Å². The van der Waals surface area contributed by atoms with Crippen molar-refractivity contribution in [2.24, 2.45) is 0 Å². The lowest BCUT2D eigenvalue weighted by molar-refractivity contribution is 0.0933. The number of hydrogen-bond donors (Lipinski definition) is 2. The number of benzene rings is 1. The average Bonchev–Trinajstić information content (AvgIpc) is 3.00. The van der Waals surface area contributed by atoms with Gasteiger partial charge in [0.05, 0.1) is 0 Å². The van der Waals surface area contributed by atoms with Crippen LogP contribution in [0.2, 0.25) is 0 Å². The largest absolute Gasteiger partial charge is 0.399 e. The van der Waals surface area contributed by atoms with Crippen LogP contribution in [0.4, 0.5) is 5.69 Å². The molecule has 23 heavy (non-hydrogen) atoms. The molecule has 1 aromatic heterocycles. The van der Waals surface area contributed by atoms with Crippen LogP contribution in [0.25, 0.3) is 0 Å². The van der Waals surface area contributed by atoms with Crippen LogP contribution in [0.1, 0.15) is 27.7 Å². The van der Waals surface area contributed by atoms with Crippen molar-refractivity contribution in [1.82, 2.24) is 10.2 Å². The van der Waals surface area contributed by atoms with Crippen LogP contribution in [0, 0.1) is 0 Å². The molecule has 3 N–H and O–H groups in total. The molecule has 1 aromatic carbocycles. The molecule has 1 amide bonds.